The SMILES string of the molecule is [CH2]CCCC1([SiH](C)C)CCCCO1. The molecule has 1 aliphatic heterocycles. The van der Waals surface area contributed by atoms with Crippen LogP contribution in [0.2, 0.25) is 13.1 Å². The molecule has 0 amide bonds. The monoisotopic (exact) mass is 199 g/mol. The Morgan fingerprint density at radius 2 is 2.15 bits per heavy atom. The molecule has 1 nitrogen and oxygen atoms in total. The van der Waals surface area contributed by atoms with Gasteiger partial charge in [0, 0.05) is 6.61 Å². The molecule has 0 bridgehead atoms. The van der Waals surface area contributed by atoms with Crippen molar-refractivity contribution >= 4 is 8.80 Å². The van der Waals surface area contributed by atoms with Crippen LogP contribution in [0.25, 0.3) is 0 Å². The summed E-state index contributed by atoms with van der Waals surface area (Å²) >= 11 is 0. The summed E-state index contributed by atoms with van der Waals surface area (Å²) < 4.78 is 6.06. The van der Waals surface area contributed by atoms with Gasteiger partial charge in [-0.25, -0.2) is 0 Å². The van der Waals surface area contributed by atoms with E-state index < -0.39 is 8.80 Å². The van der Waals surface area contributed by atoms with E-state index in [0.717, 1.165) is 13.0 Å². The van der Waals surface area contributed by atoms with E-state index in [1.54, 1.807) is 0 Å². The second-order valence-corrected chi connectivity index (χ2v) is 7.84. The van der Waals surface area contributed by atoms with Crippen molar-refractivity contribution in [3.63, 3.8) is 0 Å². The van der Waals surface area contributed by atoms with Crippen LogP contribution in [-0.2, 0) is 4.74 Å². The summed E-state index contributed by atoms with van der Waals surface area (Å²) in [4.78, 5) is 0. The highest BCUT2D eigenvalue weighted by Gasteiger charge is 2.36. The molecule has 0 aromatic heterocycles. The lowest BCUT2D eigenvalue weighted by Crippen LogP contribution is -2.47. The number of hydrogen-bond donors (Lipinski definition) is 0. The summed E-state index contributed by atoms with van der Waals surface area (Å²) in [6.07, 6.45) is 7.53. The third-order valence-corrected chi connectivity index (χ3v) is 6.13. The van der Waals surface area contributed by atoms with Crippen molar-refractivity contribution in [3.05, 3.63) is 6.92 Å². The molecule has 1 atom stereocenters. The summed E-state index contributed by atoms with van der Waals surface area (Å²) in [5.41, 5.74) is 0. The maximum atomic E-state index is 6.06. The molecule has 1 unspecified atom stereocenters. The molecule has 0 N–H and O–H groups in total. The Balaban J connectivity index is 2.51. The summed E-state index contributed by atoms with van der Waals surface area (Å²) in [5.74, 6) is 0. The van der Waals surface area contributed by atoms with E-state index in [4.69, 9.17) is 4.74 Å². The van der Waals surface area contributed by atoms with Gasteiger partial charge in [0.15, 0.2) is 0 Å². The van der Waals surface area contributed by atoms with Crippen LogP contribution >= 0.6 is 0 Å². The molecule has 1 aliphatic rings. The molecule has 1 rings (SSSR count). The molecule has 77 valence electrons. The molecule has 2 heteroatoms. The van der Waals surface area contributed by atoms with E-state index in [2.05, 4.69) is 20.0 Å². The van der Waals surface area contributed by atoms with Crippen LogP contribution in [-0.4, -0.2) is 20.6 Å². The zero-order valence-corrected chi connectivity index (χ0v) is 10.3. The van der Waals surface area contributed by atoms with Gasteiger partial charge in [-0.05, 0) is 25.7 Å². The highest BCUT2D eigenvalue weighted by molar-refractivity contribution is 6.59. The highest BCUT2D eigenvalue weighted by Crippen LogP contribution is 2.32. The quantitative estimate of drug-likeness (QED) is 0.633. The van der Waals surface area contributed by atoms with E-state index >= 15 is 0 Å². The van der Waals surface area contributed by atoms with Gasteiger partial charge < -0.3 is 4.74 Å². The van der Waals surface area contributed by atoms with Crippen LogP contribution < -0.4 is 0 Å². The third-order valence-electron chi connectivity index (χ3n) is 3.29. The van der Waals surface area contributed by atoms with Gasteiger partial charge >= 0.3 is 0 Å². The minimum atomic E-state index is -0.669. The molecule has 0 spiro atoms. The Bertz CT molecular complexity index is 139. The maximum absolute atomic E-state index is 6.06. The average Bonchev–Trinajstić information content (AvgIpc) is 2.16. The topological polar surface area (TPSA) is 9.23 Å². The molecular weight excluding hydrogens is 176 g/mol. The van der Waals surface area contributed by atoms with Crippen molar-refractivity contribution < 1.29 is 4.74 Å². The van der Waals surface area contributed by atoms with Crippen molar-refractivity contribution in [1.82, 2.24) is 0 Å². The van der Waals surface area contributed by atoms with Crippen molar-refractivity contribution in [1.29, 1.82) is 0 Å². The second kappa shape index (κ2) is 5.16. The second-order valence-electron chi connectivity index (χ2n) is 4.48. The van der Waals surface area contributed by atoms with E-state index in [-0.39, 0.29) is 0 Å². The number of rotatable bonds is 4. The van der Waals surface area contributed by atoms with Gasteiger partial charge in [-0.1, -0.05) is 32.9 Å². The Morgan fingerprint density at radius 1 is 1.38 bits per heavy atom. The first-order valence-corrected chi connectivity index (χ1v) is 8.53. The predicted molar refractivity (Wildman–Crippen MR) is 60.6 cm³/mol. The Labute approximate surface area is 84.5 Å². The van der Waals surface area contributed by atoms with Gasteiger partial charge in [-0.15, -0.1) is 0 Å². The van der Waals surface area contributed by atoms with Crippen LogP contribution in [0.15, 0.2) is 0 Å². The molecule has 13 heavy (non-hydrogen) atoms. The standard InChI is InChI=1S/C11H23OSi/c1-4-5-8-11(13(2)3)9-6-7-10-12-11/h13H,1,4-10H2,2-3H3. The van der Waals surface area contributed by atoms with Crippen LogP contribution in [0, 0.1) is 6.92 Å². The maximum Gasteiger partial charge on any atom is 0.0695 e. The summed E-state index contributed by atoms with van der Waals surface area (Å²) in [6, 6.07) is 0. The minimum absolute atomic E-state index is 0.329. The first kappa shape index (κ1) is 11.3. The van der Waals surface area contributed by atoms with E-state index in [0.29, 0.717) is 5.22 Å². The molecule has 1 heterocycles. The Kier molecular flexibility index (Phi) is 4.46. The summed E-state index contributed by atoms with van der Waals surface area (Å²) in [5, 5.41) is 0.329. The van der Waals surface area contributed by atoms with Crippen LogP contribution in [0.4, 0.5) is 0 Å². The predicted octanol–water partition coefficient (Wildman–Crippen LogP) is 2.96. The largest absolute Gasteiger partial charge is 0.379 e. The average molecular weight is 199 g/mol. The van der Waals surface area contributed by atoms with Crippen LogP contribution in [0.5, 0.6) is 0 Å². The molecule has 1 radical (unpaired) electrons. The first-order valence-electron chi connectivity index (χ1n) is 5.64. The fourth-order valence-corrected chi connectivity index (χ4v) is 4.25. The zero-order valence-electron chi connectivity index (χ0n) is 9.14. The summed E-state index contributed by atoms with van der Waals surface area (Å²) in [7, 11) is -0.669. The first-order chi connectivity index (χ1) is 6.21. The molecular formula is C11H23OSi. The van der Waals surface area contributed by atoms with Gasteiger partial charge in [0.2, 0.25) is 0 Å². The highest BCUT2D eigenvalue weighted by atomic mass is 28.3. The smallest absolute Gasteiger partial charge is 0.0695 e. The lowest BCUT2D eigenvalue weighted by molar-refractivity contribution is -0.0287. The molecule has 1 fully saturated rings. The van der Waals surface area contributed by atoms with Gasteiger partial charge in [0.25, 0.3) is 0 Å². The van der Waals surface area contributed by atoms with Crippen LogP contribution in [0.1, 0.15) is 38.5 Å². The lowest BCUT2D eigenvalue weighted by atomic mass is 10.0. The molecule has 1 saturated heterocycles. The van der Waals surface area contributed by atoms with Crippen molar-refractivity contribution in [3.8, 4) is 0 Å². The zero-order chi connectivity index (χ0) is 9.73. The van der Waals surface area contributed by atoms with Gasteiger partial charge in [0.1, 0.15) is 0 Å². The number of hydrogen-bond acceptors (Lipinski definition) is 1. The lowest BCUT2D eigenvalue weighted by Gasteiger charge is -2.40. The molecule has 0 aromatic carbocycles. The van der Waals surface area contributed by atoms with Crippen molar-refractivity contribution in [2.24, 2.45) is 0 Å². The van der Waals surface area contributed by atoms with E-state index in [1.807, 2.05) is 0 Å². The fourth-order valence-electron chi connectivity index (χ4n) is 2.24. The molecule has 0 aromatic rings. The van der Waals surface area contributed by atoms with E-state index in [9.17, 15) is 0 Å². The number of unbranched alkanes of at least 4 members (excludes halogenated alkanes) is 1. The third kappa shape index (κ3) is 2.81. The van der Waals surface area contributed by atoms with Crippen LogP contribution in [0.3, 0.4) is 0 Å². The molecule has 0 aliphatic carbocycles. The Morgan fingerprint density at radius 3 is 2.62 bits per heavy atom. The number of ether oxygens (including phenoxy) is 1. The van der Waals surface area contributed by atoms with Gasteiger partial charge in [-0.3, -0.25) is 0 Å². The van der Waals surface area contributed by atoms with Gasteiger partial charge in [-0.2, -0.15) is 0 Å². The molecule has 0 saturated carbocycles. The van der Waals surface area contributed by atoms with Gasteiger partial charge in [0.05, 0.1) is 14.0 Å². The Hall–Kier alpha value is 0.177. The minimum Gasteiger partial charge on any atom is -0.379 e. The summed E-state index contributed by atoms with van der Waals surface area (Å²) in [6.45, 7) is 9.77. The normalized spacial score (nSPS) is 29.5. The fraction of sp³-hybridized carbons (Fsp3) is 0.909. The van der Waals surface area contributed by atoms with E-state index in [1.165, 1.54) is 32.1 Å². The van der Waals surface area contributed by atoms with Crippen molar-refractivity contribution in [2.75, 3.05) is 6.61 Å². The van der Waals surface area contributed by atoms with Crippen molar-refractivity contribution in [2.45, 2.75) is 56.8 Å².